The zero-order valence-corrected chi connectivity index (χ0v) is 66.2. The molecule has 0 fully saturated rings. The highest BCUT2D eigenvalue weighted by atomic mass is 31.2. The standard InChI is InChI=1S/C85H144O16P2/c1-4-7-10-13-16-19-22-25-28-31-34-37-38-39-40-43-45-47-50-53-56-59-62-65-68-71-83(88)95-74-80(86)75-97-102(91,92)98-76-81(87)77-99-103(93,94)100-79-82(101-85(90)73-70-67-64-61-58-55-52-49-46-42-36-33-30-27-24-21-18-15-12-9-6-3)78-96-84(89)72-69-66-63-60-57-54-51-48-44-41-35-32-29-26-23-20-17-14-11-8-5-2/h16-21,25-30,34-37,39-42,48-49,51-52,80-82,86-87H,4-15,22-24,31-33,38,43-47,50,53-79H2,1-3H3,(H,91,92)(H,93,94)/b19-16-,20-17-,21-18-,28-25-,29-26-,30-27-,37-34-,40-39-,41-35-,42-36-,51-48-,52-49-. The van der Waals surface area contributed by atoms with E-state index in [1.807, 2.05) is 0 Å². The van der Waals surface area contributed by atoms with Crippen LogP contribution in [-0.4, -0.2) is 95.9 Å². The number of hydrogen-bond acceptors (Lipinski definition) is 14. The molecule has 0 saturated carbocycles. The van der Waals surface area contributed by atoms with E-state index in [9.17, 15) is 43.5 Å². The zero-order valence-electron chi connectivity index (χ0n) is 64.4. The maximum absolute atomic E-state index is 13.0. The Kier molecular flexibility index (Phi) is 73.6. The van der Waals surface area contributed by atoms with Crippen LogP contribution in [0, 0.1) is 0 Å². The Balaban J connectivity index is 4.72. The maximum Gasteiger partial charge on any atom is 0.472 e. The quantitative estimate of drug-likeness (QED) is 0.0146. The van der Waals surface area contributed by atoms with Crippen molar-refractivity contribution in [2.24, 2.45) is 0 Å². The van der Waals surface area contributed by atoms with Gasteiger partial charge in [-0.05, 0) is 154 Å². The number of hydrogen-bond donors (Lipinski definition) is 4. The van der Waals surface area contributed by atoms with Crippen molar-refractivity contribution in [1.29, 1.82) is 0 Å². The molecule has 0 aliphatic rings. The van der Waals surface area contributed by atoms with Crippen LogP contribution in [0.3, 0.4) is 0 Å². The average molecular weight is 1480 g/mol. The number of aliphatic hydroxyl groups excluding tert-OH is 2. The fourth-order valence-electron chi connectivity index (χ4n) is 10.3. The molecular weight excluding hydrogens is 1340 g/mol. The van der Waals surface area contributed by atoms with Crippen LogP contribution < -0.4 is 0 Å². The van der Waals surface area contributed by atoms with Crippen LogP contribution in [0.25, 0.3) is 0 Å². The van der Waals surface area contributed by atoms with E-state index in [0.29, 0.717) is 19.3 Å². The molecular formula is C85H144O16P2. The number of carbonyl (C=O) groups is 3. The molecule has 0 aliphatic carbocycles. The van der Waals surface area contributed by atoms with Crippen molar-refractivity contribution in [1.82, 2.24) is 0 Å². The molecule has 18 heteroatoms. The van der Waals surface area contributed by atoms with Crippen molar-refractivity contribution in [3.8, 4) is 0 Å². The van der Waals surface area contributed by atoms with Crippen LogP contribution in [0.5, 0.6) is 0 Å². The Bertz CT molecular complexity index is 2450. The van der Waals surface area contributed by atoms with Gasteiger partial charge in [0.05, 0.1) is 26.4 Å². The van der Waals surface area contributed by atoms with E-state index in [-0.39, 0.29) is 19.3 Å². The van der Waals surface area contributed by atoms with Crippen LogP contribution in [0.2, 0.25) is 0 Å². The predicted molar refractivity (Wildman–Crippen MR) is 426 cm³/mol. The second-order valence-electron chi connectivity index (χ2n) is 26.5. The summed E-state index contributed by atoms with van der Waals surface area (Å²) in [7, 11) is -9.82. The molecule has 0 saturated heterocycles. The van der Waals surface area contributed by atoms with Gasteiger partial charge in [0.15, 0.2) is 6.10 Å². The largest absolute Gasteiger partial charge is 0.472 e. The van der Waals surface area contributed by atoms with Gasteiger partial charge in [0.1, 0.15) is 25.4 Å². The second-order valence-corrected chi connectivity index (χ2v) is 29.4. The minimum atomic E-state index is -4.95. The average Bonchev–Trinajstić information content (AvgIpc) is 0.921. The molecule has 0 bridgehead atoms. The zero-order chi connectivity index (χ0) is 75.2. The van der Waals surface area contributed by atoms with E-state index in [4.69, 9.17) is 32.3 Å². The number of unbranched alkanes of at least 4 members (excludes halogenated alkanes) is 28. The molecule has 0 aromatic carbocycles. The monoisotopic (exact) mass is 1480 g/mol. The molecule has 0 aliphatic heterocycles. The first-order valence-corrected chi connectivity index (χ1v) is 43.1. The van der Waals surface area contributed by atoms with Crippen LogP contribution in [0.1, 0.15) is 316 Å². The Morgan fingerprint density at radius 1 is 0.272 bits per heavy atom. The predicted octanol–water partition coefficient (Wildman–Crippen LogP) is 23.7. The molecule has 16 nitrogen and oxygen atoms in total. The van der Waals surface area contributed by atoms with Crippen molar-refractivity contribution in [2.75, 3.05) is 39.6 Å². The number of ether oxygens (including phenoxy) is 3. The number of allylic oxidation sites excluding steroid dienone is 24. The van der Waals surface area contributed by atoms with Crippen molar-refractivity contribution < 1.29 is 75.8 Å². The van der Waals surface area contributed by atoms with E-state index >= 15 is 0 Å². The number of phosphoric ester groups is 2. The van der Waals surface area contributed by atoms with Crippen molar-refractivity contribution in [3.63, 3.8) is 0 Å². The normalized spacial score (nSPS) is 14.7. The minimum Gasteiger partial charge on any atom is -0.463 e. The molecule has 590 valence electrons. The maximum atomic E-state index is 13.0. The smallest absolute Gasteiger partial charge is 0.463 e. The third kappa shape index (κ3) is 78.3. The Morgan fingerprint density at radius 2 is 0.485 bits per heavy atom. The molecule has 0 aromatic heterocycles. The molecule has 0 radical (unpaired) electrons. The fraction of sp³-hybridized carbons (Fsp3) is 0.682. The third-order valence-corrected chi connectivity index (χ3v) is 18.4. The molecule has 0 rings (SSSR count). The third-order valence-electron chi connectivity index (χ3n) is 16.5. The van der Waals surface area contributed by atoms with Crippen molar-refractivity contribution >= 4 is 33.6 Å². The fourth-order valence-corrected chi connectivity index (χ4v) is 11.9. The number of aliphatic hydroxyl groups is 2. The molecule has 0 amide bonds. The van der Waals surface area contributed by atoms with Gasteiger partial charge in [-0.25, -0.2) is 9.13 Å². The van der Waals surface area contributed by atoms with E-state index in [0.717, 1.165) is 161 Å². The summed E-state index contributed by atoms with van der Waals surface area (Å²) >= 11 is 0. The topological polar surface area (TPSA) is 231 Å². The summed E-state index contributed by atoms with van der Waals surface area (Å²) in [6.07, 6.45) is 94.4. The Morgan fingerprint density at radius 3 is 0.767 bits per heavy atom. The number of esters is 3. The van der Waals surface area contributed by atoms with Crippen LogP contribution in [0.4, 0.5) is 0 Å². The molecule has 4 N–H and O–H groups in total. The Labute approximate surface area is 626 Å². The summed E-state index contributed by atoms with van der Waals surface area (Å²) in [6, 6.07) is 0. The van der Waals surface area contributed by atoms with Crippen LogP contribution >= 0.6 is 15.6 Å². The lowest BCUT2D eigenvalue weighted by Crippen LogP contribution is -2.30. The summed E-state index contributed by atoms with van der Waals surface area (Å²) in [5, 5.41) is 20.7. The van der Waals surface area contributed by atoms with Gasteiger partial charge in [-0.15, -0.1) is 0 Å². The van der Waals surface area contributed by atoms with Crippen LogP contribution in [-0.2, 0) is 55.8 Å². The summed E-state index contributed by atoms with van der Waals surface area (Å²) in [4.78, 5) is 58.7. The molecule has 103 heavy (non-hydrogen) atoms. The number of carbonyl (C=O) groups excluding carboxylic acids is 3. The lowest BCUT2D eigenvalue weighted by Gasteiger charge is -2.21. The SMILES string of the molecule is CCCCC/C=C\C/C=C\C/C=C\C/C=C\CCCCCCCCCCCC(=O)OCC(O)COP(=O)(O)OCC(O)COP(=O)(O)OCC(COC(=O)CCCCCCC/C=C\C/C=C\C/C=C\C/C=C\CCCCC)OC(=O)CCCCCCC/C=C\C/C=C\C/C=C\C/C=C\CCCCC. The van der Waals surface area contributed by atoms with Crippen LogP contribution in [0.15, 0.2) is 146 Å². The molecule has 5 atom stereocenters. The van der Waals surface area contributed by atoms with Gasteiger partial charge in [-0.1, -0.05) is 289 Å². The highest BCUT2D eigenvalue weighted by molar-refractivity contribution is 7.47. The van der Waals surface area contributed by atoms with Gasteiger partial charge in [-0.3, -0.25) is 32.5 Å². The summed E-state index contributed by atoms with van der Waals surface area (Å²) in [5.41, 5.74) is 0. The van der Waals surface area contributed by atoms with Crippen molar-refractivity contribution in [2.45, 2.75) is 334 Å². The van der Waals surface area contributed by atoms with E-state index in [1.165, 1.54) is 96.3 Å². The highest BCUT2D eigenvalue weighted by Crippen LogP contribution is 2.45. The molecule has 0 spiro atoms. The van der Waals surface area contributed by atoms with E-state index in [1.54, 1.807) is 0 Å². The molecule has 5 unspecified atom stereocenters. The van der Waals surface area contributed by atoms with E-state index in [2.05, 4.69) is 167 Å². The summed E-state index contributed by atoms with van der Waals surface area (Å²) < 4.78 is 61.2. The van der Waals surface area contributed by atoms with Gasteiger partial charge in [-0.2, -0.15) is 0 Å². The minimum absolute atomic E-state index is 0.0743. The summed E-state index contributed by atoms with van der Waals surface area (Å²) in [5.74, 6) is -1.62. The van der Waals surface area contributed by atoms with Gasteiger partial charge < -0.3 is 34.2 Å². The first kappa shape index (κ1) is 98.4. The van der Waals surface area contributed by atoms with Crippen molar-refractivity contribution in [3.05, 3.63) is 146 Å². The van der Waals surface area contributed by atoms with Gasteiger partial charge in [0, 0.05) is 19.3 Å². The van der Waals surface area contributed by atoms with Gasteiger partial charge >= 0.3 is 33.6 Å². The molecule has 0 aromatic rings. The first-order valence-electron chi connectivity index (χ1n) is 40.1. The number of rotatable bonds is 75. The second kappa shape index (κ2) is 77.1. The lowest BCUT2D eigenvalue weighted by molar-refractivity contribution is -0.161. The first-order chi connectivity index (χ1) is 50.2. The highest BCUT2D eigenvalue weighted by Gasteiger charge is 2.29. The lowest BCUT2D eigenvalue weighted by atomic mass is 10.1. The van der Waals surface area contributed by atoms with Gasteiger partial charge in [0.2, 0.25) is 0 Å². The molecule has 0 heterocycles. The van der Waals surface area contributed by atoms with E-state index < -0.39 is 91.5 Å². The number of phosphoric acid groups is 2. The van der Waals surface area contributed by atoms with Gasteiger partial charge in [0.25, 0.3) is 0 Å². The summed E-state index contributed by atoms with van der Waals surface area (Å²) in [6.45, 7) is 2.55. The Hall–Kier alpha value is -4.57.